The number of hydrogen-bond donors (Lipinski definition) is 1. The van der Waals surface area contributed by atoms with Crippen molar-refractivity contribution >= 4 is 15.9 Å². The molecule has 3 heteroatoms. The molecule has 2 nitrogen and oxygen atoms in total. The van der Waals surface area contributed by atoms with Crippen molar-refractivity contribution in [2.75, 3.05) is 0 Å². The molecule has 0 aliphatic carbocycles. The maximum atomic E-state index is 9.35. The van der Waals surface area contributed by atoms with Gasteiger partial charge < -0.3 is 5.11 Å². The van der Waals surface area contributed by atoms with Gasteiger partial charge in [-0.15, -0.1) is 0 Å². The predicted molar refractivity (Wildman–Crippen MR) is 46.4 cm³/mol. The molecule has 0 fully saturated rings. The fourth-order valence-electron chi connectivity index (χ4n) is 0.896. The van der Waals surface area contributed by atoms with Gasteiger partial charge in [0.25, 0.3) is 0 Å². The maximum absolute atomic E-state index is 9.35. The Kier molecular flexibility index (Phi) is 2.49. The molecule has 1 aromatic heterocycles. The molecule has 1 N–H and O–H groups in total. The zero-order valence-electron chi connectivity index (χ0n) is 6.58. The minimum absolute atomic E-state index is 0.285. The molecule has 0 saturated heterocycles. The van der Waals surface area contributed by atoms with Gasteiger partial charge in [0, 0.05) is 0 Å². The van der Waals surface area contributed by atoms with Crippen LogP contribution in [-0.2, 0) is 0 Å². The first-order chi connectivity index (χ1) is 5.11. The van der Waals surface area contributed by atoms with E-state index in [4.69, 9.17) is 0 Å². The summed E-state index contributed by atoms with van der Waals surface area (Å²) in [4.78, 5) is 0. The third-order valence-corrected chi connectivity index (χ3v) is 1.94. The van der Waals surface area contributed by atoms with Crippen LogP contribution in [0.15, 0.2) is 22.8 Å². The standard InChI is InChI=1S/C8H10BrNO/c1-6(2)10-5-7(9)3-4-8(10)11/h3-6H,1-2H3/p+1. The summed E-state index contributed by atoms with van der Waals surface area (Å²) in [6, 6.07) is 3.77. The molecule has 0 atom stereocenters. The van der Waals surface area contributed by atoms with Gasteiger partial charge in [-0.25, -0.2) is 0 Å². The molecular formula is C8H11BrNO+. The van der Waals surface area contributed by atoms with Crippen LogP contribution in [0.1, 0.15) is 19.9 Å². The van der Waals surface area contributed by atoms with Gasteiger partial charge in [0.05, 0.1) is 10.5 Å². The van der Waals surface area contributed by atoms with Gasteiger partial charge >= 0.3 is 5.88 Å². The summed E-state index contributed by atoms with van der Waals surface area (Å²) in [7, 11) is 0. The molecule has 1 rings (SSSR count). The number of aromatic nitrogens is 1. The molecule has 0 aliphatic rings. The molecule has 0 radical (unpaired) electrons. The Balaban J connectivity index is 3.13. The first kappa shape index (κ1) is 8.53. The SMILES string of the molecule is CC(C)[n+]1cc(Br)ccc1O. The first-order valence-electron chi connectivity index (χ1n) is 3.51. The average molecular weight is 217 g/mol. The molecule has 1 heterocycles. The van der Waals surface area contributed by atoms with Crippen molar-refractivity contribution in [3.63, 3.8) is 0 Å². The molecular weight excluding hydrogens is 206 g/mol. The summed E-state index contributed by atoms with van der Waals surface area (Å²) >= 11 is 3.33. The van der Waals surface area contributed by atoms with Crippen LogP contribution in [0.5, 0.6) is 5.88 Å². The second-order valence-corrected chi connectivity index (χ2v) is 3.62. The van der Waals surface area contributed by atoms with Crippen molar-refractivity contribution < 1.29 is 9.67 Å². The lowest BCUT2D eigenvalue weighted by Crippen LogP contribution is -2.35. The lowest BCUT2D eigenvalue weighted by molar-refractivity contribution is -0.721. The fourth-order valence-corrected chi connectivity index (χ4v) is 1.25. The van der Waals surface area contributed by atoms with Crippen molar-refractivity contribution in [1.82, 2.24) is 0 Å². The van der Waals surface area contributed by atoms with Crippen molar-refractivity contribution in [1.29, 1.82) is 0 Å². The molecule has 1 aromatic rings. The van der Waals surface area contributed by atoms with Crippen molar-refractivity contribution in [2.45, 2.75) is 19.9 Å². The van der Waals surface area contributed by atoms with Crippen LogP contribution in [0, 0.1) is 0 Å². The van der Waals surface area contributed by atoms with E-state index in [1.165, 1.54) is 0 Å². The number of rotatable bonds is 1. The minimum Gasteiger partial charge on any atom is -0.460 e. The predicted octanol–water partition coefficient (Wildman–Crippen LogP) is 2.02. The van der Waals surface area contributed by atoms with Crippen LogP contribution in [0.3, 0.4) is 0 Å². The number of pyridine rings is 1. The Morgan fingerprint density at radius 3 is 2.55 bits per heavy atom. The summed E-state index contributed by atoms with van der Waals surface area (Å²) in [5, 5.41) is 9.35. The third kappa shape index (κ3) is 1.93. The van der Waals surface area contributed by atoms with Crippen molar-refractivity contribution in [3.05, 3.63) is 22.8 Å². The Hall–Kier alpha value is -0.570. The number of hydrogen-bond acceptors (Lipinski definition) is 1. The van der Waals surface area contributed by atoms with E-state index in [0.717, 1.165) is 4.47 Å². The van der Waals surface area contributed by atoms with Gasteiger partial charge in [0.15, 0.2) is 12.2 Å². The summed E-state index contributed by atoms with van der Waals surface area (Å²) in [5.74, 6) is 0.295. The highest BCUT2D eigenvalue weighted by molar-refractivity contribution is 9.10. The van der Waals surface area contributed by atoms with Crippen molar-refractivity contribution in [2.24, 2.45) is 0 Å². The van der Waals surface area contributed by atoms with Gasteiger partial charge in [0.1, 0.15) is 0 Å². The van der Waals surface area contributed by atoms with Crippen LogP contribution in [-0.4, -0.2) is 5.11 Å². The molecule has 0 saturated carbocycles. The number of aromatic hydroxyl groups is 1. The van der Waals surface area contributed by atoms with Crippen LogP contribution >= 0.6 is 15.9 Å². The molecule has 0 aromatic carbocycles. The Bertz CT molecular complexity index is 260. The highest BCUT2D eigenvalue weighted by Gasteiger charge is 2.12. The topological polar surface area (TPSA) is 24.1 Å². The highest BCUT2D eigenvalue weighted by Crippen LogP contribution is 2.11. The summed E-state index contributed by atoms with van der Waals surface area (Å²) in [6.45, 7) is 4.04. The molecule has 0 unspecified atom stereocenters. The normalized spacial score (nSPS) is 10.5. The molecule has 0 amide bonds. The van der Waals surface area contributed by atoms with E-state index < -0.39 is 0 Å². The maximum Gasteiger partial charge on any atom is 0.365 e. The lowest BCUT2D eigenvalue weighted by atomic mass is 10.3. The van der Waals surface area contributed by atoms with Crippen molar-refractivity contribution in [3.8, 4) is 5.88 Å². The van der Waals surface area contributed by atoms with Crippen LogP contribution in [0.4, 0.5) is 0 Å². The van der Waals surface area contributed by atoms with Crippen LogP contribution in [0.25, 0.3) is 0 Å². The van der Waals surface area contributed by atoms with E-state index in [-0.39, 0.29) is 6.04 Å². The number of halogens is 1. The fraction of sp³-hybridized carbons (Fsp3) is 0.375. The highest BCUT2D eigenvalue weighted by atomic mass is 79.9. The first-order valence-corrected chi connectivity index (χ1v) is 4.30. The second-order valence-electron chi connectivity index (χ2n) is 2.71. The monoisotopic (exact) mass is 216 g/mol. The van der Waals surface area contributed by atoms with E-state index in [0.29, 0.717) is 5.88 Å². The quantitative estimate of drug-likeness (QED) is 0.715. The van der Waals surface area contributed by atoms with E-state index in [9.17, 15) is 5.11 Å². The zero-order chi connectivity index (χ0) is 8.43. The third-order valence-electron chi connectivity index (χ3n) is 1.47. The molecule has 0 bridgehead atoms. The van der Waals surface area contributed by atoms with E-state index in [1.807, 2.05) is 26.1 Å². The van der Waals surface area contributed by atoms with Crippen LogP contribution < -0.4 is 4.57 Å². The smallest absolute Gasteiger partial charge is 0.365 e. The largest absolute Gasteiger partial charge is 0.460 e. The van der Waals surface area contributed by atoms with Gasteiger partial charge in [-0.3, -0.25) is 0 Å². The van der Waals surface area contributed by atoms with Gasteiger partial charge in [0.2, 0.25) is 0 Å². The summed E-state index contributed by atoms with van der Waals surface area (Å²) in [6.07, 6.45) is 1.86. The van der Waals surface area contributed by atoms with E-state index in [2.05, 4.69) is 15.9 Å². The molecule has 0 spiro atoms. The summed E-state index contributed by atoms with van der Waals surface area (Å²) < 4.78 is 2.77. The Labute approximate surface area is 74.6 Å². The molecule has 60 valence electrons. The Morgan fingerprint density at radius 2 is 2.09 bits per heavy atom. The lowest BCUT2D eigenvalue weighted by Gasteiger charge is -2.01. The van der Waals surface area contributed by atoms with E-state index >= 15 is 0 Å². The van der Waals surface area contributed by atoms with Crippen LogP contribution in [0.2, 0.25) is 0 Å². The van der Waals surface area contributed by atoms with E-state index in [1.54, 1.807) is 10.6 Å². The number of nitrogens with zero attached hydrogens (tertiary/aromatic N) is 1. The van der Waals surface area contributed by atoms with Gasteiger partial charge in [-0.2, -0.15) is 4.57 Å². The Morgan fingerprint density at radius 1 is 1.45 bits per heavy atom. The second kappa shape index (κ2) is 3.22. The molecule has 0 aliphatic heterocycles. The molecule has 11 heavy (non-hydrogen) atoms. The van der Waals surface area contributed by atoms with Gasteiger partial charge in [-0.05, 0) is 35.8 Å². The average Bonchev–Trinajstić information content (AvgIpc) is 1.94. The van der Waals surface area contributed by atoms with Gasteiger partial charge in [-0.1, -0.05) is 0 Å². The zero-order valence-corrected chi connectivity index (χ0v) is 8.17. The summed E-state index contributed by atoms with van der Waals surface area (Å²) in [5.41, 5.74) is 0. The minimum atomic E-state index is 0.285.